The van der Waals surface area contributed by atoms with Gasteiger partial charge in [-0.25, -0.2) is 0 Å². The van der Waals surface area contributed by atoms with E-state index < -0.39 is 4.92 Å². The molecule has 102 valence electrons. The van der Waals surface area contributed by atoms with Crippen LogP contribution in [-0.4, -0.2) is 23.4 Å². The summed E-state index contributed by atoms with van der Waals surface area (Å²) < 4.78 is 0.355. The fourth-order valence-electron chi connectivity index (χ4n) is 2.18. The van der Waals surface area contributed by atoms with E-state index in [1.807, 2.05) is 6.92 Å². The topological polar surface area (TPSA) is 84.3 Å². The van der Waals surface area contributed by atoms with Crippen LogP contribution >= 0.6 is 15.9 Å². The van der Waals surface area contributed by atoms with E-state index in [1.165, 1.54) is 12.1 Å². The quantitative estimate of drug-likeness (QED) is 0.659. The maximum Gasteiger partial charge on any atom is 0.283 e. The number of hydrogen-bond donors (Lipinski definition) is 2. The van der Waals surface area contributed by atoms with E-state index in [0.717, 1.165) is 13.0 Å². The number of nitrogens with one attached hydrogen (secondary N) is 2. The minimum Gasteiger partial charge on any atom is -0.326 e. The van der Waals surface area contributed by atoms with Gasteiger partial charge in [-0.05, 0) is 48.0 Å². The van der Waals surface area contributed by atoms with Crippen molar-refractivity contribution in [2.45, 2.75) is 19.4 Å². The molecule has 1 aliphatic rings. The summed E-state index contributed by atoms with van der Waals surface area (Å²) in [7, 11) is 0. The number of halogens is 1. The number of hydrogen-bond acceptors (Lipinski definition) is 4. The molecule has 0 bridgehead atoms. The molecule has 1 aliphatic heterocycles. The lowest BCUT2D eigenvalue weighted by molar-refractivity contribution is -0.385. The van der Waals surface area contributed by atoms with Crippen LogP contribution in [-0.2, 0) is 4.79 Å². The number of nitro benzene ring substituents is 1. The number of anilines is 1. The standard InChI is InChI=1S/C12H14BrN3O3/c1-7-9(4-5-14-7)12(17)15-8-2-3-11(16(18)19)10(13)6-8/h2-3,6-7,9,14H,4-5H2,1H3,(H,15,17). The predicted octanol–water partition coefficient (Wildman–Crippen LogP) is 2.29. The van der Waals surface area contributed by atoms with Gasteiger partial charge in [0.2, 0.25) is 5.91 Å². The first-order valence-electron chi connectivity index (χ1n) is 5.97. The highest BCUT2D eigenvalue weighted by Crippen LogP contribution is 2.28. The van der Waals surface area contributed by atoms with Crippen LogP contribution in [0.1, 0.15) is 13.3 Å². The smallest absolute Gasteiger partial charge is 0.283 e. The van der Waals surface area contributed by atoms with Gasteiger partial charge in [0.1, 0.15) is 0 Å². The maximum absolute atomic E-state index is 12.1. The summed E-state index contributed by atoms with van der Waals surface area (Å²) in [6.07, 6.45) is 0.807. The van der Waals surface area contributed by atoms with Crippen molar-refractivity contribution in [3.63, 3.8) is 0 Å². The summed E-state index contributed by atoms with van der Waals surface area (Å²) in [6.45, 7) is 2.81. The highest BCUT2D eigenvalue weighted by Gasteiger charge is 2.29. The first-order chi connectivity index (χ1) is 8.99. The molecule has 1 aromatic rings. The summed E-state index contributed by atoms with van der Waals surface area (Å²) in [6, 6.07) is 4.61. The lowest BCUT2D eigenvalue weighted by Crippen LogP contribution is -2.32. The van der Waals surface area contributed by atoms with Gasteiger partial charge in [0, 0.05) is 17.8 Å². The maximum atomic E-state index is 12.1. The van der Waals surface area contributed by atoms with E-state index in [4.69, 9.17) is 0 Å². The van der Waals surface area contributed by atoms with Gasteiger partial charge in [0.05, 0.1) is 15.3 Å². The van der Waals surface area contributed by atoms with Gasteiger partial charge in [-0.1, -0.05) is 0 Å². The Hall–Kier alpha value is -1.47. The third-order valence-corrected chi connectivity index (χ3v) is 3.91. The lowest BCUT2D eigenvalue weighted by Gasteiger charge is -2.15. The Bertz CT molecular complexity index is 521. The fraction of sp³-hybridized carbons (Fsp3) is 0.417. The molecule has 0 saturated carbocycles. The molecule has 2 rings (SSSR count). The zero-order valence-electron chi connectivity index (χ0n) is 10.4. The zero-order chi connectivity index (χ0) is 14.0. The second-order valence-corrected chi connectivity index (χ2v) is 5.40. The summed E-state index contributed by atoms with van der Waals surface area (Å²) in [5.74, 6) is -0.118. The second-order valence-electron chi connectivity index (χ2n) is 4.55. The summed E-state index contributed by atoms with van der Waals surface area (Å²) in [5, 5.41) is 16.7. The number of nitro groups is 1. The largest absolute Gasteiger partial charge is 0.326 e. The molecule has 19 heavy (non-hydrogen) atoms. The van der Waals surface area contributed by atoms with E-state index in [0.29, 0.717) is 10.2 Å². The van der Waals surface area contributed by atoms with E-state index >= 15 is 0 Å². The molecule has 2 N–H and O–H groups in total. The Morgan fingerprint density at radius 2 is 2.32 bits per heavy atom. The van der Waals surface area contributed by atoms with E-state index in [9.17, 15) is 14.9 Å². The highest BCUT2D eigenvalue weighted by atomic mass is 79.9. The number of nitrogens with zero attached hydrogens (tertiary/aromatic N) is 1. The molecule has 6 nitrogen and oxygen atoms in total. The molecule has 0 aliphatic carbocycles. The second kappa shape index (κ2) is 5.66. The van der Waals surface area contributed by atoms with Crippen molar-refractivity contribution < 1.29 is 9.72 Å². The monoisotopic (exact) mass is 327 g/mol. The summed E-state index contributed by atoms with van der Waals surface area (Å²) in [5.41, 5.74) is 0.537. The molecule has 0 radical (unpaired) electrons. The predicted molar refractivity (Wildman–Crippen MR) is 75.0 cm³/mol. The molecule has 7 heteroatoms. The number of carbonyl (C=O) groups is 1. The van der Waals surface area contributed by atoms with Crippen molar-refractivity contribution in [2.75, 3.05) is 11.9 Å². The van der Waals surface area contributed by atoms with Crippen molar-refractivity contribution in [2.24, 2.45) is 5.92 Å². The SMILES string of the molecule is CC1NCCC1C(=O)Nc1ccc([N+](=O)[O-])c(Br)c1. The Morgan fingerprint density at radius 1 is 1.58 bits per heavy atom. The van der Waals surface area contributed by atoms with Crippen LogP contribution < -0.4 is 10.6 Å². The minimum absolute atomic E-state index is 0.0195. The van der Waals surface area contributed by atoms with Gasteiger partial charge in [-0.15, -0.1) is 0 Å². The lowest BCUT2D eigenvalue weighted by atomic mass is 10.0. The first-order valence-corrected chi connectivity index (χ1v) is 6.76. The molecule has 1 fully saturated rings. The first kappa shape index (κ1) is 14.0. The summed E-state index contributed by atoms with van der Waals surface area (Å²) in [4.78, 5) is 22.3. The number of carbonyl (C=O) groups excluding carboxylic acids is 1. The van der Waals surface area contributed by atoms with Crippen LogP contribution in [0.4, 0.5) is 11.4 Å². The van der Waals surface area contributed by atoms with Crippen LogP contribution in [0.5, 0.6) is 0 Å². The molecule has 0 spiro atoms. The molecule has 2 unspecified atom stereocenters. The average molecular weight is 328 g/mol. The summed E-state index contributed by atoms with van der Waals surface area (Å²) >= 11 is 3.13. The molecule has 0 aromatic heterocycles. The normalized spacial score (nSPS) is 22.2. The third kappa shape index (κ3) is 3.10. The van der Waals surface area contributed by atoms with E-state index in [-0.39, 0.29) is 23.6 Å². The molecular weight excluding hydrogens is 314 g/mol. The van der Waals surface area contributed by atoms with Gasteiger partial charge in [-0.3, -0.25) is 14.9 Å². The number of benzene rings is 1. The Balaban J connectivity index is 2.09. The van der Waals surface area contributed by atoms with Gasteiger partial charge in [-0.2, -0.15) is 0 Å². The Labute approximate surface area is 118 Å². The zero-order valence-corrected chi connectivity index (χ0v) is 11.9. The van der Waals surface area contributed by atoms with E-state index in [1.54, 1.807) is 6.07 Å². The fourth-order valence-corrected chi connectivity index (χ4v) is 2.71. The highest BCUT2D eigenvalue weighted by molar-refractivity contribution is 9.10. The molecule has 1 aromatic carbocycles. The molecular formula is C12H14BrN3O3. The number of rotatable bonds is 3. The average Bonchev–Trinajstić information content (AvgIpc) is 2.75. The van der Waals surface area contributed by atoms with Crippen molar-refractivity contribution in [3.05, 3.63) is 32.8 Å². The van der Waals surface area contributed by atoms with Gasteiger partial charge in [0.15, 0.2) is 0 Å². The van der Waals surface area contributed by atoms with Crippen molar-refractivity contribution in [1.29, 1.82) is 0 Å². The molecule has 1 saturated heterocycles. The minimum atomic E-state index is -0.474. The van der Waals surface area contributed by atoms with Gasteiger partial charge >= 0.3 is 0 Å². The van der Waals surface area contributed by atoms with Gasteiger partial charge in [0.25, 0.3) is 5.69 Å². The van der Waals surface area contributed by atoms with Crippen LogP contribution in [0, 0.1) is 16.0 Å². The van der Waals surface area contributed by atoms with Crippen LogP contribution in [0.15, 0.2) is 22.7 Å². The van der Waals surface area contributed by atoms with E-state index in [2.05, 4.69) is 26.6 Å². The molecule has 2 atom stereocenters. The van der Waals surface area contributed by atoms with Crippen LogP contribution in [0.25, 0.3) is 0 Å². The molecule has 1 heterocycles. The van der Waals surface area contributed by atoms with Crippen LogP contribution in [0.2, 0.25) is 0 Å². The van der Waals surface area contributed by atoms with Crippen molar-refractivity contribution in [3.8, 4) is 0 Å². The Morgan fingerprint density at radius 3 is 2.84 bits per heavy atom. The molecule has 1 amide bonds. The number of amides is 1. The Kier molecular flexibility index (Phi) is 4.16. The third-order valence-electron chi connectivity index (χ3n) is 3.27. The van der Waals surface area contributed by atoms with Crippen LogP contribution in [0.3, 0.4) is 0 Å². The van der Waals surface area contributed by atoms with Crippen molar-refractivity contribution >= 4 is 33.2 Å². The van der Waals surface area contributed by atoms with Gasteiger partial charge < -0.3 is 10.6 Å². The van der Waals surface area contributed by atoms with Crippen molar-refractivity contribution in [1.82, 2.24) is 5.32 Å².